The number of hydrogen-bond donors (Lipinski definition) is 5. The van der Waals surface area contributed by atoms with Crippen LogP contribution in [-0.2, 0) is 19.2 Å². The summed E-state index contributed by atoms with van der Waals surface area (Å²) in [5.74, 6) is -2.34. The monoisotopic (exact) mass is 460 g/mol. The number of carboxylic acids is 1. The molecular formula is C21H40N4O5S. The molecule has 0 aromatic rings. The number of amides is 3. The lowest BCUT2D eigenvalue weighted by atomic mass is 10.00. The van der Waals surface area contributed by atoms with Crippen LogP contribution in [0.5, 0.6) is 0 Å². The fourth-order valence-corrected chi connectivity index (χ4v) is 3.42. The summed E-state index contributed by atoms with van der Waals surface area (Å²) in [4.78, 5) is 49.5. The van der Waals surface area contributed by atoms with Gasteiger partial charge in [-0.05, 0) is 42.6 Å². The molecule has 0 aliphatic rings. The third-order valence-electron chi connectivity index (χ3n) is 4.78. The Balaban J connectivity index is 5.36. The van der Waals surface area contributed by atoms with Crippen molar-refractivity contribution >= 4 is 35.5 Å². The van der Waals surface area contributed by atoms with Gasteiger partial charge in [0.15, 0.2) is 0 Å². The predicted molar refractivity (Wildman–Crippen MR) is 124 cm³/mol. The van der Waals surface area contributed by atoms with Crippen LogP contribution in [-0.4, -0.2) is 65.0 Å². The van der Waals surface area contributed by atoms with Gasteiger partial charge in [0.1, 0.15) is 18.1 Å². The van der Waals surface area contributed by atoms with Crippen molar-refractivity contribution in [3.63, 3.8) is 0 Å². The van der Waals surface area contributed by atoms with Crippen LogP contribution in [0.15, 0.2) is 0 Å². The van der Waals surface area contributed by atoms with E-state index in [1.54, 1.807) is 27.7 Å². The summed E-state index contributed by atoms with van der Waals surface area (Å²) in [6, 6.07) is -3.57. The Morgan fingerprint density at radius 2 is 1.35 bits per heavy atom. The maximum absolute atomic E-state index is 12.9. The van der Waals surface area contributed by atoms with Crippen molar-refractivity contribution in [2.45, 2.75) is 78.6 Å². The van der Waals surface area contributed by atoms with Gasteiger partial charge in [0.05, 0.1) is 6.04 Å². The van der Waals surface area contributed by atoms with Crippen LogP contribution < -0.4 is 21.7 Å². The van der Waals surface area contributed by atoms with Crippen molar-refractivity contribution < 1.29 is 24.3 Å². The number of thioether (sulfide) groups is 1. The first-order valence-electron chi connectivity index (χ1n) is 10.7. The molecule has 3 amide bonds. The Hall–Kier alpha value is -1.81. The molecular weight excluding hydrogens is 420 g/mol. The Labute approximate surface area is 190 Å². The summed E-state index contributed by atoms with van der Waals surface area (Å²) < 4.78 is 0. The van der Waals surface area contributed by atoms with Gasteiger partial charge in [-0.15, -0.1) is 0 Å². The predicted octanol–water partition coefficient (Wildman–Crippen LogP) is 0.964. The summed E-state index contributed by atoms with van der Waals surface area (Å²) in [6.45, 7) is 10.9. The van der Waals surface area contributed by atoms with Crippen LogP contribution in [0.3, 0.4) is 0 Å². The van der Waals surface area contributed by atoms with Crippen LogP contribution in [0, 0.1) is 17.8 Å². The van der Waals surface area contributed by atoms with Crippen molar-refractivity contribution in [1.82, 2.24) is 16.0 Å². The molecule has 0 saturated heterocycles. The molecule has 0 heterocycles. The van der Waals surface area contributed by atoms with Crippen molar-refractivity contribution in [1.29, 1.82) is 0 Å². The molecule has 0 aromatic heterocycles. The lowest BCUT2D eigenvalue weighted by Gasteiger charge is -2.27. The third-order valence-corrected chi connectivity index (χ3v) is 5.43. The lowest BCUT2D eigenvalue weighted by molar-refractivity contribution is -0.143. The van der Waals surface area contributed by atoms with Crippen LogP contribution >= 0.6 is 11.8 Å². The Kier molecular flexibility index (Phi) is 13.5. The zero-order valence-electron chi connectivity index (χ0n) is 19.7. The van der Waals surface area contributed by atoms with Gasteiger partial charge in [-0.3, -0.25) is 14.4 Å². The molecule has 9 nitrogen and oxygen atoms in total. The van der Waals surface area contributed by atoms with Gasteiger partial charge < -0.3 is 26.8 Å². The average Bonchev–Trinajstić information content (AvgIpc) is 2.65. The maximum Gasteiger partial charge on any atom is 0.326 e. The molecule has 4 unspecified atom stereocenters. The number of carboxylic acid groups (broad SMARTS) is 1. The fourth-order valence-electron chi connectivity index (χ4n) is 2.94. The molecule has 180 valence electrons. The molecule has 0 aliphatic carbocycles. The van der Waals surface area contributed by atoms with Gasteiger partial charge in [0.2, 0.25) is 17.7 Å². The molecule has 31 heavy (non-hydrogen) atoms. The zero-order chi connectivity index (χ0) is 24.3. The van der Waals surface area contributed by atoms with Gasteiger partial charge in [-0.2, -0.15) is 11.8 Å². The number of nitrogens with one attached hydrogen (secondary N) is 3. The number of hydrogen-bond acceptors (Lipinski definition) is 6. The second-order valence-electron chi connectivity index (χ2n) is 8.88. The van der Waals surface area contributed by atoms with Gasteiger partial charge in [-0.25, -0.2) is 4.79 Å². The van der Waals surface area contributed by atoms with E-state index in [4.69, 9.17) is 5.73 Å². The van der Waals surface area contributed by atoms with E-state index in [1.165, 1.54) is 11.8 Å². The first kappa shape index (κ1) is 29.2. The van der Waals surface area contributed by atoms with E-state index < -0.39 is 47.9 Å². The largest absolute Gasteiger partial charge is 0.480 e. The van der Waals surface area contributed by atoms with Crippen molar-refractivity contribution in [3.05, 3.63) is 0 Å². The van der Waals surface area contributed by atoms with Crippen molar-refractivity contribution in [2.75, 3.05) is 12.0 Å². The zero-order valence-corrected chi connectivity index (χ0v) is 20.5. The molecule has 6 N–H and O–H groups in total. The highest BCUT2D eigenvalue weighted by atomic mass is 32.2. The number of carbonyl (C=O) groups is 4. The van der Waals surface area contributed by atoms with E-state index in [2.05, 4.69) is 16.0 Å². The van der Waals surface area contributed by atoms with Gasteiger partial charge in [0, 0.05) is 0 Å². The highest BCUT2D eigenvalue weighted by molar-refractivity contribution is 7.98. The fraction of sp³-hybridized carbons (Fsp3) is 0.810. The standard InChI is InChI=1S/C21H40N4O5S/c1-11(2)10-14(22)18(26)24-16(12(3)4)20(28)23-15(8-9-31-7)19(27)25-17(13(5)6)21(29)30/h11-17H,8-10,22H2,1-7H3,(H,23,28)(H,24,26)(H,25,27)(H,29,30). The Morgan fingerprint density at radius 1 is 0.839 bits per heavy atom. The highest BCUT2D eigenvalue weighted by Gasteiger charge is 2.32. The molecule has 0 radical (unpaired) electrons. The minimum atomic E-state index is -1.13. The van der Waals surface area contributed by atoms with Crippen molar-refractivity contribution in [2.24, 2.45) is 23.5 Å². The Bertz CT molecular complexity index is 613. The summed E-state index contributed by atoms with van der Waals surface area (Å²) in [7, 11) is 0. The summed E-state index contributed by atoms with van der Waals surface area (Å²) in [5, 5.41) is 17.2. The number of carbonyl (C=O) groups excluding carboxylic acids is 3. The third kappa shape index (κ3) is 10.9. The highest BCUT2D eigenvalue weighted by Crippen LogP contribution is 2.09. The first-order valence-corrected chi connectivity index (χ1v) is 12.1. The van der Waals surface area contributed by atoms with Crippen molar-refractivity contribution in [3.8, 4) is 0 Å². The molecule has 4 atom stereocenters. The number of rotatable bonds is 14. The molecule has 0 bridgehead atoms. The van der Waals surface area contributed by atoms with Crippen LogP contribution in [0.4, 0.5) is 0 Å². The summed E-state index contributed by atoms with van der Waals surface area (Å²) in [5.41, 5.74) is 5.93. The molecule has 0 spiro atoms. The van der Waals surface area contributed by atoms with Gasteiger partial charge in [-0.1, -0.05) is 41.5 Å². The number of aliphatic carboxylic acids is 1. The molecule has 0 saturated carbocycles. The average molecular weight is 461 g/mol. The quantitative estimate of drug-likeness (QED) is 0.259. The molecule has 10 heteroatoms. The molecule has 0 fully saturated rings. The smallest absolute Gasteiger partial charge is 0.326 e. The van der Waals surface area contributed by atoms with E-state index >= 15 is 0 Å². The van der Waals surface area contributed by atoms with Gasteiger partial charge >= 0.3 is 5.97 Å². The van der Waals surface area contributed by atoms with E-state index in [1.807, 2.05) is 20.1 Å². The van der Waals surface area contributed by atoms with E-state index in [0.717, 1.165) is 0 Å². The minimum Gasteiger partial charge on any atom is -0.480 e. The topological polar surface area (TPSA) is 151 Å². The first-order chi connectivity index (χ1) is 14.3. The normalized spacial score (nSPS) is 15.3. The van der Waals surface area contributed by atoms with E-state index in [0.29, 0.717) is 18.6 Å². The SMILES string of the molecule is CSCCC(NC(=O)C(NC(=O)C(N)CC(C)C)C(C)C)C(=O)NC(C(=O)O)C(C)C. The second kappa shape index (κ2) is 14.3. The van der Waals surface area contributed by atoms with E-state index in [-0.39, 0.29) is 17.8 Å². The van der Waals surface area contributed by atoms with Crippen LogP contribution in [0.1, 0.15) is 54.4 Å². The maximum atomic E-state index is 12.9. The van der Waals surface area contributed by atoms with Crippen LogP contribution in [0.2, 0.25) is 0 Å². The number of nitrogens with two attached hydrogens (primary N) is 1. The lowest BCUT2D eigenvalue weighted by Crippen LogP contribution is -2.59. The molecule has 0 aromatic carbocycles. The molecule has 0 aliphatic heterocycles. The minimum absolute atomic E-state index is 0.231. The second-order valence-corrected chi connectivity index (χ2v) is 9.86. The molecule has 0 rings (SSSR count). The summed E-state index contributed by atoms with van der Waals surface area (Å²) >= 11 is 1.51. The Morgan fingerprint density at radius 3 is 1.77 bits per heavy atom. The van der Waals surface area contributed by atoms with E-state index in [9.17, 15) is 24.3 Å². The van der Waals surface area contributed by atoms with Gasteiger partial charge in [0.25, 0.3) is 0 Å². The summed E-state index contributed by atoms with van der Waals surface area (Å²) in [6.07, 6.45) is 2.69. The van der Waals surface area contributed by atoms with Crippen LogP contribution in [0.25, 0.3) is 0 Å².